The molecule has 0 aliphatic rings. The maximum Gasteiger partial charge on any atom is 0.328 e. The zero-order valence-corrected chi connectivity index (χ0v) is 15.1. The molecule has 0 radical (unpaired) electrons. The molecule has 0 atom stereocenters. The van der Waals surface area contributed by atoms with Crippen LogP contribution in [0, 0.1) is 6.92 Å². The minimum absolute atomic E-state index is 0.170. The Hall–Kier alpha value is -2.32. The fourth-order valence-electron chi connectivity index (χ4n) is 2.23. The molecule has 130 valence electrons. The van der Waals surface area contributed by atoms with Gasteiger partial charge in [-0.05, 0) is 24.6 Å². The van der Waals surface area contributed by atoms with E-state index in [4.69, 9.17) is 16.0 Å². The molecule has 0 aliphatic heterocycles. The molecule has 0 unspecified atom stereocenters. The van der Waals surface area contributed by atoms with Crippen molar-refractivity contribution in [1.82, 2.24) is 19.7 Å². The van der Waals surface area contributed by atoms with Gasteiger partial charge >= 0.3 is 5.69 Å². The molecule has 0 fully saturated rings. The highest BCUT2D eigenvalue weighted by Crippen LogP contribution is 2.23. The molecule has 3 aromatic rings. The van der Waals surface area contributed by atoms with Crippen LogP contribution in [0.1, 0.15) is 22.7 Å². The van der Waals surface area contributed by atoms with Crippen LogP contribution in [0.3, 0.4) is 0 Å². The largest absolute Gasteiger partial charge is 0.416 e. The average molecular weight is 379 g/mol. The van der Waals surface area contributed by atoms with Crippen LogP contribution in [0.15, 0.2) is 43.5 Å². The van der Waals surface area contributed by atoms with Crippen LogP contribution in [0.4, 0.5) is 0 Å². The summed E-state index contributed by atoms with van der Waals surface area (Å²) in [5.41, 5.74) is 1.20. The van der Waals surface area contributed by atoms with Gasteiger partial charge in [-0.15, -0.1) is 10.2 Å². The molecular weight excluding hydrogens is 364 g/mol. The molecule has 0 amide bonds. The highest BCUT2D eigenvalue weighted by atomic mass is 35.5. The van der Waals surface area contributed by atoms with E-state index in [-0.39, 0.29) is 12.0 Å². The van der Waals surface area contributed by atoms with Gasteiger partial charge in [-0.2, -0.15) is 0 Å². The number of hydrogen-bond donors (Lipinski definition) is 1. The Balaban J connectivity index is 1.72. The topological polar surface area (TPSA) is 93.8 Å². The van der Waals surface area contributed by atoms with Crippen LogP contribution in [0.2, 0.25) is 5.02 Å². The quantitative estimate of drug-likeness (QED) is 0.684. The van der Waals surface area contributed by atoms with E-state index in [2.05, 4.69) is 15.2 Å². The van der Waals surface area contributed by atoms with Gasteiger partial charge in [0.15, 0.2) is 0 Å². The van der Waals surface area contributed by atoms with E-state index >= 15 is 0 Å². The summed E-state index contributed by atoms with van der Waals surface area (Å²) < 4.78 is 6.61. The second-order valence-corrected chi connectivity index (χ2v) is 6.81. The third-order valence-corrected chi connectivity index (χ3v) is 4.81. The summed E-state index contributed by atoms with van der Waals surface area (Å²) in [5, 5.41) is 9.06. The standard InChI is InChI=1S/C16H15ClN4O3S/c1-9-12(14(22)21(2)15(23)18-9)7-13-19-20-16(24-13)25-8-10-3-5-11(17)6-4-10/h3-6H,7-8H2,1-2H3,(H,18,23). The lowest BCUT2D eigenvalue weighted by atomic mass is 10.2. The SMILES string of the molecule is Cc1[nH]c(=O)n(C)c(=O)c1Cc1nnc(SCc2ccc(Cl)cc2)o1. The van der Waals surface area contributed by atoms with Crippen molar-refractivity contribution >= 4 is 23.4 Å². The van der Waals surface area contributed by atoms with E-state index in [0.717, 1.165) is 10.1 Å². The second-order valence-electron chi connectivity index (χ2n) is 5.45. The summed E-state index contributed by atoms with van der Waals surface area (Å²) in [6, 6.07) is 7.51. The highest BCUT2D eigenvalue weighted by Gasteiger charge is 2.14. The number of hydrogen-bond acceptors (Lipinski definition) is 6. The maximum atomic E-state index is 12.2. The van der Waals surface area contributed by atoms with Crippen molar-refractivity contribution in [3.8, 4) is 0 Å². The Morgan fingerprint density at radius 3 is 2.68 bits per heavy atom. The third kappa shape index (κ3) is 4.02. The number of rotatable bonds is 5. The number of H-pyrrole nitrogens is 1. The number of benzene rings is 1. The molecule has 0 saturated heterocycles. The fourth-order valence-corrected chi connectivity index (χ4v) is 3.09. The van der Waals surface area contributed by atoms with Crippen molar-refractivity contribution in [2.75, 3.05) is 0 Å². The van der Waals surface area contributed by atoms with E-state index in [1.54, 1.807) is 6.92 Å². The Bertz CT molecular complexity index is 1010. The van der Waals surface area contributed by atoms with Crippen LogP contribution < -0.4 is 11.2 Å². The highest BCUT2D eigenvalue weighted by molar-refractivity contribution is 7.98. The molecule has 2 heterocycles. The van der Waals surface area contributed by atoms with Crippen molar-refractivity contribution in [2.24, 2.45) is 7.05 Å². The third-order valence-electron chi connectivity index (χ3n) is 3.67. The molecule has 0 spiro atoms. The lowest BCUT2D eigenvalue weighted by Gasteiger charge is -2.04. The molecule has 9 heteroatoms. The van der Waals surface area contributed by atoms with E-state index in [1.165, 1.54) is 18.8 Å². The minimum Gasteiger partial charge on any atom is -0.416 e. The zero-order chi connectivity index (χ0) is 18.0. The van der Waals surface area contributed by atoms with Crippen LogP contribution in [0.5, 0.6) is 0 Å². The molecule has 1 N–H and O–H groups in total. The van der Waals surface area contributed by atoms with Crippen LogP contribution >= 0.6 is 23.4 Å². The smallest absolute Gasteiger partial charge is 0.328 e. The number of aryl methyl sites for hydroxylation is 1. The monoisotopic (exact) mass is 378 g/mol. The van der Waals surface area contributed by atoms with Gasteiger partial charge in [0, 0.05) is 29.1 Å². The molecule has 0 aliphatic carbocycles. The second kappa shape index (κ2) is 7.28. The lowest BCUT2D eigenvalue weighted by Crippen LogP contribution is -2.36. The Morgan fingerprint density at radius 1 is 1.24 bits per heavy atom. The van der Waals surface area contributed by atoms with E-state index in [9.17, 15) is 9.59 Å². The minimum atomic E-state index is -0.448. The summed E-state index contributed by atoms with van der Waals surface area (Å²) in [4.78, 5) is 26.4. The fraction of sp³-hybridized carbons (Fsp3) is 0.250. The van der Waals surface area contributed by atoms with Crippen molar-refractivity contribution in [3.63, 3.8) is 0 Å². The summed E-state index contributed by atoms with van der Waals surface area (Å²) in [6.07, 6.45) is 0.170. The summed E-state index contributed by atoms with van der Waals surface area (Å²) in [5.74, 6) is 0.990. The van der Waals surface area contributed by atoms with Gasteiger partial charge in [0.2, 0.25) is 5.89 Å². The summed E-state index contributed by atoms with van der Waals surface area (Å²) in [7, 11) is 1.42. The molecule has 7 nitrogen and oxygen atoms in total. The van der Waals surface area contributed by atoms with Gasteiger partial charge in [0.05, 0.1) is 6.42 Å². The number of nitrogens with zero attached hydrogens (tertiary/aromatic N) is 3. The average Bonchev–Trinajstić information content (AvgIpc) is 3.04. The number of nitrogens with one attached hydrogen (secondary N) is 1. The van der Waals surface area contributed by atoms with Crippen molar-refractivity contribution in [2.45, 2.75) is 24.3 Å². The number of halogens is 1. The lowest BCUT2D eigenvalue weighted by molar-refractivity contribution is 0.419. The normalized spacial score (nSPS) is 11.0. The molecule has 0 saturated carbocycles. The zero-order valence-electron chi connectivity index (χ0n) is 13.6. The predicted octanol–water partition coefficient (Wildman–Crippen LogP) is 2.30. The summed E-state index contributed by atoms with van der Waals surface area (Å²) >= 11 is 7.26. The first-order chi connectivity index (χ1) is 11.9. The van der Waals surface area contributed by atoms with Crippen LogP contribution in [-0.4, -0.2) is 19.7 Å². The maximum absolute atomic E-state index is 12.2. The number of thioether (sulfide) groups is 1. The molecule has 2 aromatic heterocycles. The molecule has 25 heavy (non-hydrogen) atoms. The first-order valence-electron chi connectivity index (χ1n) is 7.42. The van der Waals surface area contributed by atoms with E-state index < -0.39 is 5.69 Å². The molecule has 1 aromatic carbocycles. The van der Waals surface area contributed by atoms with E-state index in [0.29, 0.717) is 33.1 Å². The Kier molecular flexibility index (Phi) is 5.10. The van der Waals surface area contributed by atoms with Gasteiger partial charge in [0.1, 0.15) is 0 Å². The summed E-state index contributed by atoms with van der Waals surface area (Å²) in [6.45, 7) is 1.67. The van der Waals surface area contributed by atoms with Gasteiger partial charge in [-0.25, -0.2) is 4.79 Å². The van der Waals surface area contributed by atoms with Gasteiger partial charge < -0.3 is 9.40 Å². The van der Waals surface area contributed by atoms with Crippen LogP contribution in [0.25, 0.3) is 0 Å². The number of aromatic nitrogens is 4. The number of aromatic amines is 1. The van der Waals surface area contributed by atoms with E-state index in [1.807, 2.05) is 24.3 Å². The first kappa shape index (κ1) is 17.5. The van der Waals surface area contributed by atoms with Gasteiger partial charge in [-0.1, -0.05) is 35.5 Å². The van der Waals surface area contributed by atoms with Gasteiger partial charge in [0.25, 0.3) is 10.8 Å². The molecular formula is C16H15ClN4O3S. The molecule has 0 bridgehead atoms. The van der Waals surface area contributed by atoms with Crippen molar-refractivity contribution in [1.29, 1.82) is 0 Å². The molecule has 3 rings (SSSR count). The predicted molar refractivity (Wildman–Crippen MR) is 95.2 cm³/mol. The van der Waals surface area contributed by atoms with Crippen LogP contribution in [-0.2, 0) is 19.2 Å². The first-order valence-corrected chi connectivity index (χ1v) is 8.79. The van der Waals surface area contributed by atoms with Gasteiger partial charge in [-0.3, -0.25) is 9.36 Å². The van der Waals surface area contributed by atoms with Crippen molar-refractivity contribution in [3.05, 3.63) is 72.8 Å². The Labute approximate surface area is 152 Å². The Morgan fingerprint density at radius 2 is 1.96 bits per heavy atom. The van der Waals surface area contributed by atoms with Crippen molar-refractivity contribution < 1.29 is 4.42 Å².